The molecule has 7 heteroatoms. The third-order valence-electron chi connectivity index (χ3n) is 5.94. The van der Waals surface area contributed by atoms with Gasteiger partial charge in [-0.3, -0.25) is 4.79 Å². The summed E-state index contributed by atoms with van der Waals surface area (Å²) in [5.74, 6) is -0.0148. The van der Waals surface area contributed by atoms with Crippen molar-refractivity contribution in [3.8, 4) is 0 Å². The van der Waals surface area contributed by atoms with Gasteiger partial charge in [0.15, 0.2) is 0 Å². The highest BCUT2D eigenvalue weighted by Crippen LogP contribution is 2.26. The second-order valence-electron chi connectivity index (χ2n) is 8.07. The number of hydrogen-bond acceptors (Lipinski definition) is 4. The lowest BCUT2D eigenvalue weighted by Gasteiger charge is -2.33. The van der Waals surface area contributed by atoms with Gasteiger partial charge in [-0.25, -0.2) is 8.42 Å². The molecule has 32 heavy (non-hydrogen) atoms. The zero-order valence-electron chi connectivity index (χ0n) is 18.0. The van der Waals surface area contributed by atoms with Gasteiger partial charge in [-0.1, -0.05) is 54.6 Å². The van der Waals surface area contributed by atoms with Gasteiger partial charge >= 0.3 is 0 Å². The Morgan fingerprint density at radius 1 is 0.938 bits per heavy atom. The quantitative estimate of drug-likeness (QED) is 0.492. The van der Waals surface area contributed by atoms with E-state index in [1.54, 1.807) is 35.6 Å². The fourth-order valence-corrected chi connectivity index (χ4v) is 6.32. The molecule has 168 valence electrons. The average Bonchev–Trinajstić information content (AvgIpc) is 3.36. The molecule has 1 aliphatic rings. The number of nitrogens with zero attached hydrogens (tertiary/aromatic N) is 2. The van der Waals surface area contributed by atoms with Crippen molar-refractivity contribution in [1.82, 2.24) is 9.21 Å². The Kier molecular flexibility index (Phi) is 7.40. The van der Waals surface area contributed by atoms with Crippen molar-refractivity contribution in [2.45, 2.75) is 30.7 Å². The molecule has 4 rings (SSSR count). The van der Waals surface area contributed by atoms with E-state index < -0.39 is 10.0 Å². The van der Waals surface area contributed by atoms with Gasteiger partial charge in [-0.2, -0.15) is 4.31 Å². The zero-order valence-corrected chi connectivity index (χ0v) is 19.6. The minimum Gasteiger partial charge on any atom is -0.337 e. The van der Waals surface area contributed by atoms with Crippen LogP contribution in [0.15, 0.2) is 83.1 Å². The lowest BCUT2D eigenvalue weighted by molar-refractivity contribution is -0.137. The number of rotatable bonds is 8. The molecule has 0 unspecified atom stereocenters. The van der Waals surface area contributed by atoms with Crippen LogP contribution in [0.4, 0.5) is 0 Å². The van der Waals surface area contributed by atoms with Gasteiger partial charge < -0.3 is 4.90 Å². The second-order valence-corrected chi connectivity index (χ2v) is 11.0. The van der Waals surface area contributed by atoms with Crippen LogP contribution >= 0.6 is 11.3 Å². The van der Waals surface area contributed by atoms with Gasteiger partial charge in [-0.15, -0.1) is 11.3 Å². The predicted octanol–water partition coefficient (Wildman–Crippen LogP) is 4.42. The normalized spacial score (nSPS) is 15.5. The molecule has 1 amide bonds. The van der Waals surface area contributed by atoms with Crippen LogP contribution in [-0.2, 0) is 27.8 Å². The van der Waals surface area contributed by atoms with E-state index in [1.165, 1.54) is 9.87 Å². The first-order chi connectivity index (χ1) is 15.5. The van der Waals surface area contributed by atoms with Gasteiger partial charge in [0.05, 0.1) is 11.4 Å². The fraction of sp³-hybridized carbons (Fsp3) is 0.320. The third kappa shape index (κ3) is 5.46. The molecule has 0 bridgehead atoms. The number of hydrogen-bond donors (Lipinski definition) is 0. The molecule has 0 radical (unpaired) electrons. The molecule has 3 aromatic rings. The second kappa shape index (κ2) is 10.4. The van der Waals surface area contributed by atoms with E-state index in [9.17, 15) is 13.2 Å². The maximum absolute atomic E-state index is 13.4. The van der Waals surface area contributed by atoms with E-state index in [0.29, 0.717) is 43.9 Å². The molecule has 2 aromatic carbocycles. The summed E-state index contributed by atoms with van der Waals surface area (Å²) in [6, 6.07) is 22.8. The molecule has 1 saturated heterocycles. The van der Waals surface area contributed by atoms with Crippen molar-refractivity contribution in [2.24, 2.45) is 5.92 Å². The third-order valence-corrected chi connectivity index (χ3v) is 8.71. The van der Waals surface area contributed by atoms with E-state index in [-0.39, 0.29) is 11.8 Å². The molecule has 2 heterocycles. The number of carbonyl (C=O) groups excluding carboxylic acids is 1. The van der Waals surface area contributed by atoms with Gasteiger partial charge in [0.2, 0.25) is 15.9 Å². The molecule has 0 spiro atoms. The lowest BCUT2D eigenvalue weighted by atomic mass is 9.96. The number of sulfonamides is 1. The Morgan fingerprint density at radius 2 is 1.59 bits per heavy atom. The summed E-state index contributed by atoms with van der Waals surface area (Å²) in [4.78, 5) is 16.9. The molecule has 1 aliphatic heterocycles. The van der Waals surface area contributed by atoms with Crippen LogP contribution in [-0.4, -0.2) is 43.2 Å². The molecule has 0 saturated carbocycles. The van der Waals surface area contributed by atoms with Crippen molar-refractivity contribution in [3.05, 3.63) is 88.6 Å². The van der Waals surface area contributed by atoms with Gasteiger partial charge in [-0.05, 0) is 48.4 Å². The van der Waals surface area contributed by atoms with Crippen molar-refractivity contribution < 1.29 is 13.2 Å². The first-order valence-corrected chi connectivity index (χ1v) is 13.3. The van der Waals surface area contributed by atoms with Gasteiger partial charge in [0.1, 0.15) is 0 Å². The topological polar surface area (TPSA) is 57.7 Å². The number of benzene rings is 2. The monoisotopic (exact) mass is 468 g/mol. The van der Waals surface area contributed by atoms with Crippen LogP contribution in [0.1, 0.15) is 23.3 Å². The highest BCUT2D eigenvalue weighted by molar-refractivity contribution is 7.89. The summed E-state index contributed by atoms with van der Waals surface area (Å²) in [6.07, 6.45) is 1.91. The van der Waals surface area contributed by atoms with Crippen molar-refractivity contribution in [1.29, 1.82) is 0 Å². The molecule has 0 aliphatic carbocycles. The van der Waals surface area contributed by atoms with E-state index in [0.717, 1.165) is 11.3 Å². The van der Waals surface area contributed by atoms with E-state index >= 15 is 0 Å². The van der Waals surface area contributed by atoms with Crippen LogP contribution in [0.25, 0.3) is 0 Å². The Bertz CT molecular complexity index is 1090. The Morgan fingerprint density at radius 3 is 2.22 bits per heavy atom. The first-order valence-electron chi connectivity index (χ1n) is 10.9. The summed E-state index contributed by atoms with van der Waals surface area (Å²) >= 11 is 1.66. The molecule has 0 atom stereocenters. The summed E-state index contributed by atoms with van der Waals surface area (Å²) in [5.41, 5.74) is 1.21. The lowest BCUT2D eigenvalue weighted by Crippen LogP contribution is -2.44. The molecule has 1 fully saturated rings. The van der Waals surface area contributed by atoms with Crippen LogP contribution in [0.5, 0.6) is 0 Å². The number of thiophene rings is 1. The highest BCUT2D eigenvalue weighted by Gasteiger charge is 2.33. The Labute approximate surface area is 194 Å². The largest absolute Gasteiger partial charge is 0.337 e. The minimum absolute atomic E-state index is 0.131. The number of carbonyl (C=O) groups is 1. The zero-order chi connectivity index (χ0) is 22.4. The SMILES string of the molecule is O=C(C1CCN(S(=O)(=O)c2ccccc2)CC1)N(CCc1ccccc1)Cc1cccs1. The molecule has 0 N–H and O–H groups in total. The maximum atomic E-state index is 13.4. The predicted molar refractivity (Wildman–Crippen MR) is 128 cm³/mol. The molecular weight excluding hydrogens is 440 g/mol. The fourth-order valence-electron chi connectivity index (χ4n) is 4.11. The van der Waals surface area contributed by atoms with E-state index in [2.05, 4.69) is 18.2 Å². The molecular formula is C25H28N2O3S2. The van der Waals surface area contributed by atoms with Crippen LogP contribution in [0, 0.1) is 5.92 Å². The number of amides is 1. The highest BCUT2D eigenvalue weighted by atomic mass is 32.2. The summed E-state index contributed by atoms with van der Waals surface area (Å²) in [6.45, 7) is 2.01. The van der Waals surface area contributed by atoms with E-state index in [4.69, 9.17) is 0 Å². The van der Waals surface area contributed by atoms with Crippen LogP contribution in [0.2, 0.25) is 0 Å². The molecule has 1 aromatic heterocycles. The van der Waals surface area contributed by atoms with Crippen molar-refractivity contribution in [2.75, 3.05) is 19.6 Å². The maximum Gasteiger partial charge on any atom is 0.243 e. The van der Waals surface area contributed by atoms with E-state index in [1.807, 2.05) is 40.6 Å². The van der Waals surface area contributed by atoms with Crippen LogP contribution < -0.4 is 0 Å². The Balaban J connectivity index is 1.41. The van der Waals surface area contributed by atoms with Gasteiger partial charge in [0.25, 0.3) is 0 Å². The van der Waals surface area contributed by atoms with Crippen molar-refractivity contribution >= 4 is 27.3 Å². The molecule has 5 nitrogen and oxygen atoms in total. The Hall–Kier alpha value is -2.48. The first kappa shape index (κ1) is 22.7. The number of piperidine rings is 1. The van der Waals surface area contributed by atoms with Crippen LogP contribution in [0.3, 0.4) is 0 Å². The summed E-state index contributed by atoms with van der Waals surface area (Å²) in [7, 11) is -3.51. The minimum atomic E-state index is -3.51. The van der Waals surface area contributed by atoms with Crippen molar-refractivity contribution in [3.63, 3.8) is 0 Å². The summed E-state index contributed by atoms with van der Waals surface area (Å²) < 4.78 is 27.3. The average molecular weight is 469 g/mol. The smallest absolute Gasteiger partial charge is 0.243 e. The van der Waals surface area contributed by atoms with Gasteiger partial charge in [0, 0.05) is 30.4 Å². The summed E-state index contributed by atoms with van der Waals surface area (Å²) in [5, 5.41) is 2.03. The standard InChI is InChI=1S/C25H28N2O3S2/c28-25(22-14-17-27(18-15-22)32(29,30)24-11-5-2-6-12-24)26(20-23-10-7-19-31-23)16-13-21-8-3-1-4-9-21/h1-12,19,22H,13-18,20H2.